The summed E-state index contributed by atoms with van der Waals surface area (Å²) in [7, 11) is 0. The maximum absolute atomic E-state index is 13.4. The summed E-state index contributed by atoms with van der Waals surface area (Å²) < 4.78 is 13.4. The quantitative estimate of drug-likeness (QED) is 0.864. The Morgan fingerprint density at radius 3 is 2.62 bits per heavy atom. The molecule has 0 radical (unpaired) electrons. The van der Waals surface area contributed by atoms with Crippen LogP contribution in [0.1, 0.15) is 29.5 Å². The summed E-state index contributed by atoms with van der Waals surface area (Å²) in [5.41, 5.74) is 4.44. The van der Waals surface area contributed by atoms with E-state index in [9.17, 15) is 9.18 Å². The monoisotopic (exact) mass is 356 g/mol. The number of pyridine rings is 1. The van der Waals surface area contributed by atoms with Crippen molar-refractivity contribution in [1.29, 1.82) is 0 Å². The van der Waals surface area contributed by atoms with Gasteiger partial charge in [0.25, 0.3) is 0 Å². The molecule has 1 aromatic heterocycles. The van der Waals surface area contributed by atoms with E-state index in [1.807, 2.05) is 31.1 Å². The Labute approximate surface area is 153 Å². The average molecular weight is 356 g/mol. The molecule has 1 atom stereocenters. The number of hydrogen-bond donors (Lipinski definition) is 2. The standard InChI is InChI=1S/C20H25FN4O/c1-13-9-16(6-7-18(13)21)24-20(26)25-8-4-5-17(12-25)23-19-14(2)10-22-11-15(19)3/h6-7,9-11,17H,4-5,8,12H2,1-3H3,(H,22,23)(H,24,26). The third-order valence-corrected chi connectivity index (χ3v) is 4.79. The van der Waals surface area contributed by atoms with Gasteiger partial charge in [0.05, 0.1) is 0 Å². The van der Waals surface area contributed by atoms with E-state index in [0.29, 0.717) is 17.8 Å². The van der Waals surface area contributed by atoms with Crippen molar-refractivity contribution in [2.45, 2.75) is 39.7 Å². The number of nitrogens with zero attached hydrogens (tertiary/aromatic N) is 2. The molecule has 2 N–H and O–H groups in total. The summed E-state index contributed by atoms with van der Waals surface area (Å²) >= 11 is 0. The molecule has 1 aliphatic heterocycles. The number of aromatic nitrogens is 1. The molecule has 0 spiro atoms. The molecule has 1 aliphatic rings. The van der Waals surface area contributed by atoms with Crippen molar-refractivity contribution in [2.75, 3.05) is 23.7 Å². The molecule has 0 saturated carbocycles. The number of amides is 2. The number of likely N-dealkylation sites (tertiary alicyclic amines) is 1. The number of carbonyl (C=O) groups is 1. The molecule has 2 aromatic rings. The van der Waals surface area contributed by atoms with Gasteiger partial charge < -0.3 is 15.5 Å². The number of benzene rings is 1. The fourth-order valence-corrected chi connectivity index (χ4v) is 3.34. The number of anilines is 2. The van der Waals surface area contributed by atoms with Gasteiger partial charge in [0, 0.05) is 42.9 Å². The Morgan fingerprint density at radius 2 is 1.92 bits per heavy atom. The van der Waals surface area contributed by atoms with E-state index in [0.717, 1.165) is 36.2 Å². The molecule has 0 bridgehead atoms. The number of aryl methyl sites for hydroxylation is 3. The number of nitrogens with one attached hydrogen (secondary N) is 2. The van der Waals surface area contributed by atoms with Gasteiger partial charge in [-0.3, -0.25) is 4.98 Å². The summed E-state index contributed by atoms with van der Waals surface area (Å²) in [6.45, 7) is 7.11. The van der Waals surface area contributed by atoms with Crippen LogP contribution in [-0.2, 0) is 0 Å². The Hall–Kier alpha value is -2.63. The molecule has 0 aliphatic carbocycles. The summed E-state index contributed by atoms with van der Waals surface area (Å²) in [6, 6.07) is 4.66. The first-order valence-electron chi connectivity index (χ1n) is 8.94. The van der Waals surface area contributed by atoms with E-state index in [1.165, 1.54) is 6.07 Å². The molecule has 1 fully saturated rings. The molecular weight excluding hydrogens is 331 g/mol. The third-order valence-electron chi connectivity index (χ3n) is 4.79. The zero-order valence-electron chi connectivity index (χ0n) is 15.5. The highest BCUT2D eigenvalue weighted by Gasteiger charge is 2.24. The Morgan fingerprint density at radius 1 is 1.19 bits per heavy atom. The van der Waals surface area contributed by atoms with Crippen LogP contribution in [0.2, 0.25) is 0 Å². The van der Waals surface area contributed by atoms with Crippen LogP contribution in [-0.4, -0.2) is 35.0 Å². The van der Waals surface area contributed by atoms with Crippen molar-refractivity contribution < 1.29 is 9.18 Å². The minimum atomic E-state index is -0.270. The number of hydrogen-bond acceptors (Lipinski definition) is 3. The highest BCUT2D eigenvalue weighted by molar-refractivity contribution is 5.89. The number of piperidine rings is 1. The maximum atomic E-state index is 13.4. The smallest absolute Gasteiger partial charge is 0.321 e. The van der Waals surface area contributed by atoms with Gasteiger partial charge in [-0.15, -0.1) is 0 Å². The number of rotatable bonds is 3. The molecular formula is C20H25FN4O. The van der Waals surface area contributed by atoms with Crippen LogP contribution in [0.25, 0.3) is 0 Å². The lowest BCUT2D eigenvalue weighted by atomic mass is 10.0. The van der Waals surface area contributed by atoms with Gasteiger partial charge in [0.2, 0.25) is 0 Å². The molecule has 1 unspecified atom stereocenters. The van der Waals surface area contributed by atoms with Gasteiger partial charge in [-0.25, -0.2) is 9.18 Å². The largest absolute Gasteiger partial charge is 0.380 e. The fourth-order valence-electron chi connectivity index (χ4n) is 3.34. The minimum absolute atomic E-state index is 0.148. The Bertz CT molecular complexity index is 788. The lowest BCUT2D eigenvalue weighted by Crippen LogP contribution is -2.47. The van der Waals surface area contributed by atoms with E-state index in [1.54, 1.807) is 19.1 Å². The van der Waals surface area contributed by atoms with E-state index < -0.39 is 0 Å². The number of halogens is 1. The van der Waals surface area contributed by atoms with Crippen LogP contribution >= 0.6 is 0 Å². The van der Waals surface area contributed by atoms with Crippen LogP contribution in [0.5, 0.6) is 0 Å². The van der Waals surface area contributed by atoms with Gasteiger partial charge in [-0.1, -0.05) is 0 Å². The summed E-state index contributed by atoms with van der Waals surface area (Å²) in [5, 5.41) is 6.44. The molecule has 1 saturated heterocycles. The second-order valence-corrected chi connectivity index (χ2v) is 6.97. The first-order valence-corrected chi connectivity index (χ1v) is 8.94. The molecule has 26 heavy (non-hydrogen) atoms. The van der Waals surface area contributed by atoms with E-state index in [4.69, 9.17) is 0 Å². The predicted octanol–water partition coefficient (Wildman–Crippen LogP) is 4.25. The SMILES string of the molecule is Cc1cc(NC(=O)N2CCCC(Nc3c(C)cncc3C)C2)ccc1F. The zero-order chi connectivity index (χ0) is 18.7. The van der Waals surface area contributed by atoms with E-state index in [2.05, 4.69) is 15.6 Å². The molecule has 6 heteroatoms. The Kier molecular flexibility index (Phi) is 5.40. The fraction of sp³-hybridized carbons (Fsp3) is 0.400. The first kappa shape index (κ1) is 18.2. The van der Waals surface area contributed by atoms with E-state index in [-0.39, 0.29) is 17.9 Å². The normalized spacial score (nSPS) is 17.1. The Balaban J connectivity index is 1.64. The topological polar surface area (TPSA) is 57.3 Å². The highest BCUT2D eigenvalue weighted by atomic mass is 19.1. The lowest BCUT2D eigenvalue weighted by molar-refractivity contribution is 0.196. The van der Waals surface area contributed by atoms with Crippen LogP contribution in [0.3, 0.4) is 0 Å². The van der Waals surface area contributed by atoms with Gasteiger partial charge in [-0.05, 0) is 68.5 Å². The van der Waals surface area contributed by atoms with Crippen molar-refractivity contribution in [2.24, 2.45) is 0 Å². The van der Waals surface area contributed by atoms with Gasteiger partial charge in [0.15, 0.2) is 0 Å². The molecule has 5 nitrogen and oxygen atoms in total. The van der Waals surface area contributed by atoms with Gasteiger partial charge >= 0.3 is 6.03 Å². The maximum Gasteiger partial charge on any atom is 0.321 e. The molecule has 2 amide bonds. The molecule has 138 valence electrons. The molecule has 2 heterocycles. The molecule has 3 rings (SSSR count). The van der Waals surface area contributed by atoms with Gasteiger partial charge in [0.1, 0.15) is 5.82 Å². The predicted molar refractivity (Wildman–Crippen MR) is 102 cm³/mol. The van der Waals surface area contributed by atoms with Crippen LogP contribution in [0, 0.1) is 26.6 Å². The third kappa shape index (κ3) is 4.12. The summed E-state index contributed by atoms with van der Waals surface area (Å²) in [5.74, 6) is -0.270. The van der Waals surface area contributed by atoms with Crippen molar-refractivity contribution >= 4 is 17.4 Å². The number of urea groups is 1. The van der Waals surface area contributed by atoms with Crippen LogP contribution in [0.4, 0.5) is 20.6 Å². The summed E-state index contributed by atoms with van der Waals surface area (Å²) in [4.78, 5) is 18.6. The number of carbonyl (C=O) groups excluding carboxylic acids is 1. The summed E-state index contributed by atoms with van der Waals surface area (Å²) in [6.07, 6.45) is 5.65. The average Bonchev–Trinajstić information content (AvgIpc) is 2.62. The van der Waals surface area contributed by atoms with Crippen molar-refractivity contribution in [1.82, 2.24) is 9.88 Å². The minimum Gasteiger partial charge on any atom is -0.380 e. The van der Waals surface area contributed by atoms with Crippen molar-refractivity contribution in [3.63, 3.8) is 0 Å². The highest BCUT2D eigenvalue weighted by Crippen LogP contribution is 2.23. The lowest BCUT2D eigenvalue weighted by Gasteiger charge is -2.34. The second kappa shape index (κ2) is 7.72. The van der Waals surface area contributed by atoms with Crippen molar-refractivity contribution in [3.05, 3.63) is 53.1 Å². The first-order chi connectivity index (χ1) is 12.4. The molecule has 1 aromatic carbocycles. The van der Waals surface area contributed by atoms with Gasteiger partial charge in [-0.2, -0.15) is 0 Å². The van der Waals surface area contributed by atoms with E-state index >= 15 is 0 Å². The van der Waals surface area contributed by atoms with Crippen LogP contribution < -0.4 is 10.6 Å². The van der Waals surface area contributed by atoms with Crippen LogP contribution in [0.15, 0.2) is 30.6 Å². The second-order valence-electron chi connectivity index (χ2n) is 6.97. The zero-order valence-corrected chi connectivity index (χ0v) is 15.5. The van der Waals surface area contributed by atoms with Crippen molar-refractivity contribution in [3.8, 4) is 0 Å².